The van der Waals surface area contributed by atoms with Crippen molar-refractivity contribution >= 4 is 17.6 Å². The average Bonchev–Trinajstić information content (AvgIpc) is 2.91. The van der Waals surface area contributed by atoms with E-state index in [0.717, 1.165) is 89.0 Å². The largest absolute Gasteiger partial charge is 0.465 e. The molecule has 43 heavy (non-hydrogen) atoms. The van der Waals surface area contributed by atoms with Gasteiger partial charge in [-0.15, -0.1) is 11.6 Å². The molecule has 0 radical (unpaired) electrons. The van der Waals surface area contributed by atoms with Crippen LogP contribution in [0.3, 0.4) is 0 Å². The number of esters is 1. The second-order valence-electron chi connectivity index (χ2n) is 14.1. The van der Waals surface area contributed by atoms with Crippen LogP contribution in [0.4, 0.5) is 0 Å². The van der Waals surface area contributed by atoms with Gasteiger partial charge >= 0.3 is 5.97 Å². The van der Waals surface area contributed by atoms with Crippen molar-refractivity contribution in [2.24, 2.45) is 11.3 Å². The first kappa shape index (κ1) is 41.2. The number of carbonyl (C=O) groups excluding carboxylic acids is 1. The van der Waals surface area contributed by atoms with Crippen LogP contribution in [0.15, 0.2) is 70.4 Å². The molecule has 2 atom stereocenters. The van der Waals surface area contributed by atoms with Crippen LogP contribution in [-0.2, 0) is 9.53 Å². The van der Waals surface area contributed by atoms with E-state index in [1.54, 1.807) is 0 Å². The molecule has 2 nitrogen and oxygen atoms in total. The van der Waals surface area contributed by atoms with E-state index in [4.69, 9.17) is 16.3 Å². The molecule has 0 saturated heterocycles. The van der Waals surface area contributed by atoms with Crippen molar-refractivity contribution in [3.63, 3.8) is 0 Å². The van der Waals surface area contributed by atoms with Crippen molar-refractivity contribution in [2.75, 3.05) is 6.61 Å². The Labute approximate surface area is 272 Å². The van der Waals surface area contributed by atoms with E-state index in [2.05, 4.69) is 78.5 Å². The van der Waals surface area contributed by atoms with Crippen molar-refractivity contribution in [2.45, 2.75) is 158 Å². The number of halogens is 1. The smallest absolute Gasteiger partial charge is 0.311 e. The van der Waals surface area contributed by atoms with Crippen LogP contribution in [0, 0.1) is 11.3 Å². The predicted molar refractivity (Wildman–Crippen MR) is 193 cm³/mol. The Hall–Kier alpha value is -1.80. The van der Waals surface area contributed by atoms with Crippen molar-refractivity contribution in [1.29, 1.82) is 0 Å². The fourth-order valence-corrected chi connectivity index (χ4v) is 4.73. The van der Waals surface area contributed by atoms with E-state index < -0.39 is 5.41 Å². The summed E-state index contributed by atoms with van der Waals surface area (Å²) in [5, 5.41) is 0.0922. The van der Waals surface area contributed by atoms with Crippen LogP contribution in [0.1, 0.15) is 153 Å². The molecule has 0 N–H and O–H groups in total. The summed E-state index contributed by atoms with van der Waals surface area (Å²) in [5.74, 6) is 0.459. The van der Waals surface area contributed by atoms with E-state index in [-0.39, 0.29) is 11.3 Å². The molecule has 0 aliphatic carbocycles. The van der Waals surface area contributed by atoms with Crippen molar-refractivity contribution in [3.8, 4) is 0 Å². The summed E-state index contributed by atoms with van der Waals surface area (Å²) >= 11 is 6.30. The van der Waals surface area contributed by atoms with Crippen molar-refractivity contribution in [1.82, 2.24) is 0 Å². The van der Waals surface area contributed by atoms with Gasteiger partial charge in [0.1, 0.15) is 0 Å². The molecule has 0 amide bonds. The molecule has 0 heterocycles. The Morgan fingerprint density at radius 2 is 1.02 bits per heavy atom. The van der Waals surface area contributed by atoms with Crippen LogP contribution < -0.4 is 0 Å². The summed E-state index contributed by atoms with van der Waals surface area (Å²) < 4.78 is 5.41. The molecule has 0 aromatic carbocycles. The van der Waals surface area contributed by atoms with Crippen LogP contribution >= 0.6 is 11.6 Å². The third-order valence-electron chi connectivity index (χ3n) is 8.06. The predicted octanol–water partition coefficient (Wildman–Crippen LogP) is 13.2. The lowest BCUT2D eigenvalue weighted by molar-refractivity contribution is -0.153. The van der Waals surface area contributed by atoms with Gasteiger partial charge < -0.3 is 4.74 Å². The highest BCUT2D eigenvalue weighted by atomic mass is 35.5. The minimum absolute atomic E-state index is 0.0922. The molecule has 0 saturated carbocycles. The van der Waals surface area contributed by atoms with Gasteiger partial charge in [-0.25, -0.2) is 0 Å². The van der Waals surface area contributed by atoms with Gasteiger partial charge in [-0.3, -0.25) is 4.79 Å². The van der Waals surface area contributed by atoms with Gasteiger partial charge in [0.15, 0.2) is 0 Å². The first-order valence-electron chi connectivity index (χ1n) is 16.9. The van der Waals surface area contributed by atoms with Crippen molar-refractivity contribution < 1.29 is 9.53 Å². The van der Waals surface area contributed by atoms with Gasteiger partial charge in [0.05, 0.1) is 17.4 Å². The fourth-order valence-electron chi connectivity index (χ4n) is 4.62. The summed E-state index contributed by atoms with van der Waals surface area (Å²) in [6.07, 6.45) is 26.3. The molecular weight excluding hydrogens is 548 g/mol. The summed E-state index contributed by atoms with van der Waals surface area (Å²) in [4.78, 5) is 11.9. The maximum Gasteiger partial charge on any atom is 0.311 e. The van der Waals surface area contributed by atoms with E-state index in [9.17, 15) is 4.79 Å². The zero-order valence-electron chi connectivity index (χ0n) is 29.8. The summed E-state index contributed by atoms with van der Waals surface area (Å²) in [7, 11) is 0. The van der Waals surface area contributed by atoms with Crippen LogP contribution in [0.5, 0.6) is 0 Å². The van der Waals surface area contributed by atoms with E-state index in [1.165, 1.54) is 27.9 Å². The second kappa shape index (κ2) is 23.6. The maximum atomic E-state index is 11.9. The molecule has 0 bridgehead atoms. The molecule has 0 aliphatic heterocycles. The number of hydrogen-bond acceptors (Lipinski definition) is 2. The number of allylic oxidation sites excluding steroid dienone is 11. The van der Waals surface area contributed by atoms with Crippen LogP contribution in [0.2, 0.25) is 0 Å². The van der Waals surface area contributed by atoms with E-state index in [1.807, 2.05) is 27.7 Å². The molecule has 246 valence electrons. The van der Waals surface area contributed by atoms with Gasteiger partial charge in [0.2, 0.25) is 0 Å². The number of hydrogen-bond donors (Lipinski definition) is 0. The highest BCUT2D eigenvalue weighted by molar-refractivity contribution is 6.22. The average molecular weight is 615 g/mol. The monoisotopic (exact) mass is 614 g/mol. The Balaban J connectivity index is 4.16. The Morgan fingerprint density at radius 1 is 0.651 bits per heavy atom. The molecule has 0 rings (SSSR count). The molecular formula is C40H67ClO2. The molecule has 3 heteroatoms. The van der Waals surface area contributed by atoms with Gasteiger partial charge in [-0.2, -0.15) is 0 Å². The van der Waals surface area contributed by atoms with Gasteiger partial charge in [0, 0.05) is 0 Å². The number of carbonyl (C=O) groups is 1. The molecule has 0 aliphatic rings. The zero-order chi connectivity index (χ0) is 32.8. The highest BCUT2D eigenvalue weighted by Gasteiger charge is 2.22. The third kappa shape index (κ3) is 24.2. The Morgan fingerprint density at radius 3 is 1.40 bits per heavy atom. The fraction of sp³-hybridized carbons (Fsp3) is 0.675. The van der Waals surface area contributed by atoms with Gasteiger partial charge in [-0.05, 0) is 152 Å². The molecule has 0 aromatic rings. The molecule has 0 aromatic heterocycles. The van der Waals surface area contributed by atoms with Gasteiger partial charge in [0.25, 0.3) is 0 Å². The summed E-state index contributed by atoms with van der Waals surface area (Å²) in [6.45, 7) is 25.7. The lowest BCUT2D eigenvalue weighted by atomic mass is 9.97. The first-order chi connectivity index (χ1) is 20.1. The Bertz CT molecular complexity index is 967. The minimum atomic E-state index is -0.415. The molecule has 2 unspecified atom stereocenters. The topological polar surface area (TPSA) is 26.3 Å². The Kier molecular flexibility index (Phi) is 22.6. The second-order valence-corrected chi connectivity index (χ2v) is 14.6. The van der Waals surface area contributed by atoms with Crippen LogP contribution in [-0.4, -0.2) is 18.0 Å². The minimum Gasteiger partial charge on any atom is -0.465 e. The lowest BCUT2D eigenvalue weighted by Gasteiger charge is -2.17. The quantitative estimate of drug-likeness (QED) is 0.0688. The van der Waals surface area contributed by atoms with E-state index >= 15 is 0 Å². The maximum absolute atomic E-state index is 11.9. The van der Waals surface area contributed by atoms with Crippen molar-refractivity contribution in [3.05, 3.63) is 70.4 Å². The molecule has 0 spiro atoms. The zero-order valence-corrected chi connectivity index (χ0v) is 30.6. The number of alkyl halides is 1. The summed E-state index contributed by atoms with van der Waals surface area (Å²) in [6, 6.07) is 0. The van der Waals surface area contributed by atoms with Crippen LogP contribution in [0.25, 0.3) is 0 Å². The number of ether oxygens (including phenoxy) is 1. The van der Waals surface area contributed by atoms with E-state index in [0.29, 0.717) is 12.5 Å². The SMILES string of the molecule is C=C(C)C(Cl)CCC(C)=CCCC(C)=CCCC(C)=CCCC(C)=CCCC(C)=CCCC(C)CCOC(=O)C(C)(C)C. The van der Waals surface area contributed by atoms with Gasteiger partial charge in [-0.1, -0.05) is 77.3 Å². The lowest BCUT2D eigenvalue weighted by Crippen LogP contribution is -2.23. The molecule has 0 fully saturated rings. The highest BCUT2D eigenvalue weighted by Crippen LogP contribution is 2.20. The normalized spacial score (nSPS) is 15.5. The summed E-state index contributed by atoms with van der Waals surface area (Å²) in [5.41, 5.74) is 8.05. The number of rotatable bonds is 22. The standard InChI is InChI=1S/C40H67ClO2/c1-31(2)38(41)28-27-36(7)25-15-23-34(5)21-13-19-32(3)17-12-18-33(4)20-14-22-35(6)24-16-26-37(8)29-30-43-39(42)40(9,10)11/h17,20-21,24-25,37-38H,1,12-16,18-19,22-23,26-30H2,2-11H3. The third-order valence-corrected chi connectivity index (χ3v) is 8.65. The first-order valence-corrected chi connectivity index (χ1v) is 17.3.